The molecule has 3 aliphatic rings. The number of piperazine rings is 1. The van der Waals surface area contributed by atoms with Gasteiger partial charge in [0.05, 0.1) is 24.7 Å². The Balaban J connectivity index is 1.51. The van der Waals surface area contributed by atoms with E-state index in [1.54, 1.807) is 0 Å². The van der Waals surface area contributed by atoms with Crippen molar-refractivity contribution in [2.75, 3.05) is 31.1 Å². The molecule has 2 aliphatic heterocycles. The van der Waals surface area contributed by atoms with Crippen molar-refractivity contribution in [2.45, 2.75) is 39.2 Å². The number of nitrogens with one attached hydrogen (secondary N) is 1. The lowest BCUT2D eigenvalue weighted by Gasteiger charge is -2.40. The van der Waals surface area contributed by atoms with Crippen LogP contribution >= 0.6 is 0 Å². The zero-order valence-electron chi connectivity index (χ0n) is 15.2. The molecule has 2 atom stereocenters. The molecule has 0 aromatic carbocycles. The van der Waals surface area contributed by atoms with Crippen LogP contribution in [0.5, 0.6) is 0 Å². The Hall–Kier alpha value is -2.11. The first-order valence-electron chi connectivity index (χ1n) is 9.06. The minimum atomic E-state index is -0.986. The van der Waals surface area contributed by atoms with Crippen molar-refractivity contribution in [2.24, 2.45) is 10.8 Å². The van der Waals surface area contributed by atoms with Gasteiger partial charge in [-0.05, 0) is 25.8 Å². The van der Waals surface area contributed by atoms with Gasteiger partial charge in [0.15, 0.2) is 5.60 Å². The molecule has 6 heteroatoms. The summed E-state index contributed by atoms with van der Waals surface area (Å²) in [6, 6.07) is 6.00. The van der Waals surface area contributed by atoms with Crippen LogP contribution in [0.1, 0.15) is 33.6 Å². The molecule has 2 bridgehead atoms. The molecule has 1 aromatic heterocycles. The van der Waals surface area contributed by atoms with Gasteiger partial charge in [0.2, 0.25) is 0 Å². The summed E-state index contributed by atoms with van der Waals surface area (Å²) in [5.41, 5.74) is -2.01. The summed E-state index contributed by atoms with van der Waals surface area (Å²) >= 11 is 0. The van der Waals surface area contributed by atoms with Crippen molar-refractivity contribution < 1.29 is 19.3 Å². The maximum absolute atomic E-state index is 13.3. The monoisotopic (exact) mass is 344 g/mol. The number of esters is 1. The molecule has 25 heavy (non-hydrogen) atoms. The Morgan fingerprint density at radius 2 is 1.84 bits per heavy atom. The van der Waals surface area contributed by atoms with E-state index >= 15 is 0 Å². The SMILES string of the molecule is CC1(C)[C@@]2(C)CC[C@]1(C(=O)N1CCN(c3cccc[nH+]3)CC1)OC2=O. The maximum atomic E-state index is 13.3. The number of H-pyrrole nitrogens is 1. The zero-order chi connectivity index (χ0) is 17.9. The number of aromatic nitrogens is 1. The molecular weight excluding hydrogens is 318 g/mol. The summed E-state index contributed by atoms with van der Waals surface area (Å²) in [6.45, 7) is 8.81. The van der Waals surface area contributed by atoms with Crippen LogP contribution in [0.4, 0.5) is 5.82 Å². The number of aromatic amines is 1. The fourth-order valence-electron chi connectivity index (χ4n) is 4.71. The van der Waals surface area contributed by atoms with Crippen LogP contribution in [0.3, 0.4) is 0 Å². The molecule has 1 saturated carbocycles. The van der Waals surface area contributed by atoms with E-state index < -0.39 is 16.4 Å². The van der Waals surface area contributed by atoms with Gasteiger partial charge in [-0.2, -0.15) is 0 Å². The molecule has 0 spiro atoms. The number of hydrogen-bond donors (Lipinski definition) is 0. The lowest BCUT2D eigenvalue weighted by molar-refractivity contribution is -0.364. The molecule has 134 valence electrons. The molecule has 0 radical (unpaired) electrons. The second kappa shape index (κ2) is 5.19. The van der Waals surface area contributed by atoms with Crippen molar-refractivity contribution in [1.82, 2.24) is 4.90 Å². The van der Waals surface area contributed by atoms with Gasteiger partial charge in [-0.15, -0.1) is 0 Å². The molecule has 1 N–H and O–H groups in total. The maximum Gasteiger partial charge on any atom is 0.313 e. The zero-order valence-corrected chi connectivity index (χ0v) is 15.2. The molecule has 4 rings (SSSR count). The van der Waals surface area contributed by atoms with Gasteiger partial charge in [-0.1, -0.05) is 19.9 Å². The lowest BCUT2D eigenvalue weighted by atomic mass is 9.66. The summed E-state index contributed by atoms with van der Waals surface area (Å²) in [6.07, 6.45) is 3.27. The van der Waals surface area contributed by atoms with Gasteiger partial charge in [0.25, 0.3) is 11.7 Å². The number of carbonyl (C=O) groups excluding carboxylic acids is 2. The van der Waals surface area contributed by atoms with Crippen LogP contribution in [0, 0.1) is 10.8 Å². The minimum absolute atomic E-state index is 0.0104. The van der Waals surface area contributed by atoms with Gasteiger partial charge in [0, 0.05) is 11.5 Å². The number of nitrogens with zero attached hydrogens (tertiary/aromatic N) is 2. The largest absolute Gasteiger partial charge is 0.448 e. The molecule has 3 fully saturated rings. The Labute approximate surface area is 148 Å². The summed E-state index contributed by atoms with van der Waals surface area (Å²) in [4.78, 5) is 33.1. The normalized spacial score (nSPS) is 33.5. The van der Waals surface area contributed by atoms with E-state index in [9.17, 15) is 9.59 Å². The average Bonchev–Trinajstić information content (AvgIpc) is 2.92. The van der Waals surface area contributed by atoms with Crippen LogP contribution in [0.2, 0.25) is 0 Å². The molecule has 1 aliphatic carbocycles. The third-order valence-corrected chi connectivity index (χ3v) is 7.03. The highest BCUT2D eigenvalue weighted by atomic mass is 16.6. The van der Waals surface area contributed by atoms with Gasteiger partial charge in [0.1, 0.15) is 13.1 Å². The second-order valence-electron chi connectivity index (χ2n) is 8.20. The summed E-state index contributed by atoms with van der Waals surface area (Å²) in [5.74, 6) is 0.840. The van der Waals surface area contributed by atoms with Gasteiger partial charge < -0.3 is 9.64 Å². The quantitative estimate of drug-likeness (QED) is 0.758. The van der Waals surface area contributed by atoms with E-state index in [0.29, 0.717) is 19.5 Å². The highest BCUT2D eigenvalue weighted by Crippen LogP contribution is 2.65. The van der Waals surface area contributed by atoms with Crippen molar-refractivity contribution in [1.29, 1.82) is 0 Å². The van der Waals surface area contributed by atoms with Gasteiger partial charge >= 0.3 is 5.97 Å². The van der Waals surface area contributed by atoms with E-state index in [1.165, 1.54) is 0 Å². The van der Waals surface area contributed by atoms with Crippen molar-refractivity contribution in [3.63, 3.8) is 0 Å². The van der Waals surface area contributed by atoms with E-state index in [4.69, 9.17) is 4.74 Å². The Morgan fingerprint density at radius 1 is 1.12 bits per heavy atom. The number of anilines is 1. The summed E-state index contributed by atoms with van der Waals surface area (Å²) in [7, 11) is 0. The number of carbonyl (C=O) groups is 2. The summed E-state index contributed by atoms with van der Waals surface area (Å²) < 4.78 is 5.74. The van der Waals surface area contributed by atoms with Gasteiger partial charge in [-0.3, -0.25) is 14.5 Å². The van der Waals surface area contributed by atoms with Crippen LogP contribution in [-0.2, 0) is 14.3 Å². The minimum Gasteiger partial charge on any atom is -0.448 e. The van der Waals surface area contributed by atoms with E-state index in [2.05, 4.69) is 9.88 Å². The predicted molar refractivity (Wildman–Crippen MR) is 91.7 cm³/mol. The first kappa shape index (κ1) is 16.4. The number of amides is 1. The fourth-order valence-corrected chi connectivity index (χ4v) is 4.71. The van der Waals surface area contributed by atoms with E-state index in [0.717, 1.165) is 25.3 Å². The number of ether oxygens (including phenoxy) is 1. The van der Waals surface area contributed by atoms with Gasteiger partial charge in [-0.25, -0.2) is 4.98 Å². The van der Waals surface area contributed by atoms with Crippen LogP contribution in [-0.4, -0.2) is 48.6 Å². The number of rotatable bonds is 2. The molecule has 3 heterocycles. The average molecular weight is 344 g/mol. The predicted octanol–water partition coefficient (Wildman–Crippen LogP) is 1.27. The molecule has 2 saturated heterocycles. The van der Waals surface area contributed by atoms with Crippen LogP contribution in [0.25, 0.3) is 0 Å². The van der Waals surface area contributed by atoms with Crippen LogP contribution < -0.4 is 9.88 Å². The van der Waals surface area contributed by atoms with Crippen molar-refractivity contribution >= 4 is 17.7 Å². The Kier molecular flexibility index (Phi) is 3.40. The highest BCUT2D eigenvalue weighted by Gasteiger charge is 2.76. The Bertz CT molecular complexity index is 712. The molecular formula is C19H26N3O3+. The number of pyridine rings is 1. The Morgan fingerprint density at radius 3 is 2.36 bits per heavy atom. The molecule has 1 amide bonds. The van der Waals surface area contributed by atoms with E-state index in [1.807, 2.05) is 50.1 Å². The fraction of sp³-hybridized carbons (Fsp3) is 0.632. The third-order valence-electron chi connectivity index (χ3n) is 7.03. The molecule has 0 unspecified atom stereocenters. The van der Waals surface area contributed by atoms with E-state index in [-0.39, 0.29) is 11.9 Å². The second-order valence-corrected chi connectivity index (χ2v) is 8.20. The summed E-state index contributed by atoms with van der Waals surface area (Å²) in [5, 5.41) is 0. The number of fused-ring (bicyclic) bond motifs is 2. The smallest absolute Gasteiger partial charge is 0.313 e. The third kappa shape index (κ3) is 1.99. The van der Waals surface area contributed by atoms with Crippen molar-refractivity contribution in [3.8, 4) is 0 Å². The highest BCUT2D eigenvalue weighted by molar-refractivity contribution is 5.96. The number of hydrogen-bond acceptors (Lipinski definition) is 4. The first-order valence-corrected chi connectivity index (χ1v) is 9.06. The standard InChI is InChI=1S/C19H25N3O3/c1-17(2)18(3)7-8-19(17,25-16(18)24)15(23)22-12-10-21(11-13-22)14-6-4-5-9-20-14/h4-6,9H,7-8,10-13H2,1-3H3/p+1/t18-,19+/m0/s1. The topological polar surface area (TPSA) is 64.0 Å². The van der Waals surface area contributed by atoms with Crippen LogP contribution in [0.15, 0.2) is 24.4 Å². The van der Waals surface area contributed by atoms with Crippen molar-refractivity contribution in [3.05, 3.63) is 24.4 Å². The lowest BCUT2D eigenvalue weighted by Crippen LogP contribution is -2.59. The molecule has 6 nitrogen and oxygen atoms in total. The molecule has 1 aromatic rings. The first-order chi connectivity index (χ1) is 11.8.